The molecule has 2 rings (SSSR count). The molecule has 1 amide bonds. The van der Waals surface area contributed by atoms with Gasteiger partial charge in [0.25, 0.3) is 5.91 Å². The molecule has 20 heavy (non-hydrogen) atoms. The molecule has 2 aromatic rings. The quantitative estimate of drug-likeness (QED) is 0.944. The highest BCUT2D eigenvalue weighted by molar-refractivity contribution is 6.31. The summed E-state index contributed by atoms with van der Waals surface area (Å²) < 4.78 is 0. The second-order valence-corrected chi connectivity index (χ2v) is 4.97. The molecule has 1 aromatic carbocycles. The number of halogens is 1. The molecule has 0 radical (unpaired) electrons. The fourth-order valence-electron chi connectivity index (χ4n) is 1.95. The van der Waals surface area contributed by atoms with Crippen molar-refractivity contribution in [2.24, 2.45) is 0 Å². The fraction of sp³-hybridized carbons (Fsp3) is 0.200. The number of nitrogens with zero attached hydrogens (tertiary/aromatic N) is 2. The highest BCUT2D eigenvalue weighted by atomic mass is 35.5. The number of anilines is 1. The Morgan fingerprint density at radius 1 is 1.25 bits per heavy atom. The number of rotatable bonds is 3. The molecule has 4 nitrogen and oxygen atoms in total. The first-order valence-electron chi connectivity index (χ1n) is 6.25. The van der Waals surface area contributed by atoms with E-state index in [2.05, 4.69) is 4.98 Å². The van der Waals surface area contributed by atoms with Crippen molar-refractivity contribution in [3.8, 4) is 0 Å². The summed E-state index contributed by atoms with van der Waals surface area (Å²) >= 11 is 6.17. The Labute approximate surface area is 123 Å². The largest absolute Gasteiger partial charge is 0.384 e. The van der Waals surface area contributed by atoms with Crippen LogP contribution in [0.15, 0.2) is 42.5 Å². The second-order valence-electron chi connectivity index (χ2n) is 4.56. The highest BCUT2D eigenvalue weighted by Gasteiger charge is 2.21. The van der Waals surface area contributed by atoms with Gasteiger partial charge in [-0.3, -0.25) is 4.79 Å². The van der Waals surface area contributed by atoms with Crippen molar-refractivity contribution in [2.75, 3.05) is 12.8 Å². The van der Waals surface area contributed by atoms with Gasteiger partial charge in [-0.25, -0.2) is 4.98 Å². The summed E-state index contributed by atoms with van der Waals surface area (Å²) in [7, 11) is 1.72. The molecule has 5 heteroatoms. The Kier molecular flexibility index (Phi) is 4.25. The number of amides is 1. The topological polar surface area (TPSA) is 59.2 Å². The number of pyridine rings is 1. The molecule has 1 unspecified atom stereocenters. The first kappa shape index (κ1) is 14.3. The zero-order valence-electron chi connectivity index (χ0n) is 11.4. The minimum absolute atomic E-state index is 0.153. The summed E-state index contributed by atoms with van der Waals surface area (Å²) in [5, 5.41) is 0.639. The molecule has 0 aliphatic rings. The third kappa shape index (κ3) is 2.91. The van der Waals surface area contributed by atoms with Crippen LogP contribution in [0.25, 0.3) is 0 Å². The molecule has 0 aliphatic heterocycles. The molecule has 0 saturated carbocycles. The van der Waals surface area contributed by atoms with Crippen LogP contribution in [0.4, 0.5) is 5.82 Å². The van der Waals surface area contributed by atoms with Crippen molar-refractivity contribution in [2.45, 2.75) is 13.0 Å². The number of nitrogen functional groups attached to an aromatic ring is 1. The number of hydrogen-bond acceptors (Lipinski definition) is 3. The molecule has 1 atom stereocenters. The van der Waals surface area contributed by atoms with Crippen molar-refractivity contribution >= 4 is 23.3 Å². The Morgan fingerprint density at radius 2 is 1.95 bits per heavy atom. The Balaban J connectivity index is 2.25. The van der Waals surface area contributed by atoms with E-state index in [-0.39, 0.29) is 11.9 Å². The van der Waals surface area contributed by atoms with E-state index >= 15 is 0 Å². The maximum absolute atomic E-state index is 12.4. The second kappa shape index (κ2) is 5.92. The predicted molar refractivity (Wildman–Crippen MR) is 80.6 cm³/mol. The normalized spacial score (nSPS) is 11.9. The minimum atomic E-state index is -0.190. The number of carbonyl (C=O) groups excluding carboxylic acids is 1. The molecule has 0 saturated heterocycles. The number of benzene rings is 1. The lowest BCUT2D eigenvalue weighted by Gasteiger charge is -2.25. The van der Waals surface area contributed by atoms with Gasteiger partial charge in [0, 0.05) is 12.1 Å². The van der Waals surface area contributed by atoms with Gasteiger partial charge in [0.15, 0.2) is 0 Å². The molecule has 2 N–H and O–H groups in total. The van der Waals surface area contributed by atoms with Crippen molar-refractivity contribution in [1.82, 2.24) is 9.88 Å². The van der Waals surface area contributed by atoms with E-state index in [0.29, 0.717) is 16.5 Å². The lowest BCUT2D eigenvalue weighted by Crippen LogP contribution is -2.30. The van der Waals surface area contributed by atoms with Gasteiger partial charge in [-0.2, -0.15) is 0 Å². The monoisotopic (exact) mass is 289 g/mol. The van der Waals surface area contributed by atoms with Gasteiger partial charge in [-0.15, -0.1) is 0 Å². The molecule has 0 aliphatic carbocycles. The average Bonchev–Trinajstić information content (AvgIpc) is 2.45. The molecule has 1 heterocycles. The van der Waals surface area contributed by atoms with Crippen LogP contribution in [0.1, 0.15) is 29.0 Å². The standard InChI is InChI=1S/C15H16ClN3O/c1-10(11-6-3-4-7-12(11)16)19(2)15(20)13-8-5-9-14(17)18-13/h3-10H,1-2H3,(H2,17,18). The average molecular weight is 290 g/mol. The van der Waals surface area contributed by atoms with Crippen molar-refractivity contribution in [3.05, 3.63) is 58.7 Å². The van der Waals surface area contributed by atoms with E-state index in [1.54, 1.807) is 30.1 Å². The summed E-state index contributed by atoms with van der Waals surface area (Å²) in [4.78, 5) is 18.0. The molecular weight excluding hydrogens is 274 g/mol. The number of carbonyl (C=O) groups is 1. The van der Waals surface area contributed by atoms with Gasteiger partial charge in [0.1, 0.15) is 11.5 Å². The summed E-state index contributed by atoms with van der Waals surface area (Å²) in [5.74, 6) is 0.138. The maximum atomic E-state index is 12.4. The van der Waals surface area contributed by atoms with Crippen molar-refractivity contribution < 1.29 is 4.79 Å². The van der Waals surface area contributed by atoms with E-state index in [9.17, 15) is 4.79 Å². The van der Waals surface area contributed by atoms with E-state index in [1.807, 2.05) is 31.2 Å². The Bertz CT molecular complexity index is 630. The molecule has 104 valence electrons. The van der Waals surface area contributed by atoms with Crippen LogP contribution in [-0.2, 0) is 0 Å². The van der Waals surface area contributed by atoms with Crippen LogP contribution >= 0.6 is 11.6 Å². The van der Waals surface area contributed by atoms with Gasteiger partial charge in [0.05, 0.1) is 6.04 Å². The van der Waals surface area contributed by atoms with Crippen molar-refractivity contribution in [3.63, 3.8) is 0 Å². The summed E-state index contributed by atoms with van der Waals surface area (Å²) in [5.41, 5.74) is 6.83. The maximum Gasteiger partial charge on any atom is 0.272 e. The van der Waals surface area contributed by atoms with Crippen LogP contribution in [0.3, 0.4) is 0 Å². The van der Waals surface area contributed by atoms with Crippen LogP contribution in [0.5, 0.6) is 0 Å². The summed E-state index contributed by atoms with van der Waals surface area (Å²) in [6.07, 6.45) is 0. The fourth-order valence-corrected chi connectivity index (χ4v) is 2.24. The van der Waals surface area contributed by atoms with Crippen molar-refractivity contribution in [1.29, 1.82) is 0 Å². The van der Waals surface area contributed by atoms with E-state index in [4.69, 9.17) is 17.3 Å². The molecule has 1 aromatic heterocycles. The van der Waals surface area contributed by atoms with Crippen LogP contribution in [0.2, 0.25) is 5.02 Å². The van der Waals surface area contributed by atoms with E-state index < -0.39 is 0 Å². The van der Waals surface area contributed by atoms with Gasteiger partial charge >= 0.3 is 0 Å². The molecule has 0 bridgehead atoms. The first-order chi connectivity index (χ1) is 9.50. The van der Waals surface area contributed by atoms with E-state index in [1.165, 1.54) is 0 Å². The van der Waals surface area contributed by atoms with Gasteiger partial charge in [-0.1, -0.05) is 35.9 Å². The van der Waals surface area contributed by atoms with E-state index in [0.717, 1.165) is 5.56 Å². The van der Waals surface area contributed by atoms with Crippen LogP contribution < -0.4 is 5.73 Å². The Morgan fingerprint density at radius 3 is 2.60 bits per heavy atom. The Hall–Kier alpha value is -2.07. The number of hydrogen-bond donors (Lipinski definition) is 1. The molecule has 0 spiro atoms. The lowest BCUT2D eigenvalue weighted by atomic mass is 10.1. The minimum Gasteiger partial charge on any atom is -0.384 e. The number of nitrogens with two attached hydrogens (primary N) is 1. The predicted octanol–water partition coefficient (Wildman–Crippen LogP) is 3.15. The summed E-state index contributed by atoms with van der Waals surface area (Å²) in [6.45, 7) is 1.92. The lowest BCUT2D eigenvalue weighted by molar-refractivity contribution is 0.0737. The first-order valence-corrected chi connectivity index (χ1v) is 6.62. The zero-order valence-corrected chi connectivity index (χ0v) is 12.1. The highest BCUT2D eigenvalue weighted by Crippen LogP contribution is 2.26. The SMILES string of the molecule is CC(c1ccccc1Cl)N(C)C(=O)c1cccc(N)n1. The third-order valence-electron chi connectivity index (χ3n) is 3.25. The van der Waals surface area contributed by atoms with Gasteiger partial charge in [0.2, 0.25) is 0 Å². The van der Waals surface area contributed by atoms with Crippen LogP contribution in [0, 0.1) is 0 Å². The molecular formula is C15H16ClN3O. The summed E-state index contributed by atoms with van der Waals surface area (Å²) in [6, 6.07) is 12.3. The zero-order chi connectivity index (χ0) is 14.7. The number of aromatic nitrogens is 1. The molecule has 0 fully saturated rings. The van der Waals surface area contributed by atoms with Crippen LogP contribution in [-0.4, -0.2) is 22.8 Å². The van der Waals surface area contributed by atoms with Gasteiger partial charge < -0.3 is 10.6 Å². The third-order valence-corrected chi connectivity index (χ3v) is 3.59. The van der Waals surface area contributed by atoms with Gasteiger partial charge in [-0.05, 0) is 30.7 Å². The smallest absolute Gasteiger partial charge is 0.272 e.